The Kier molecular flexibility index (Phi) is 7.95. The molecule has 1 aliphatic rings. The first-order valence-electron chi connectivity index (χ1n) is 10.9. The lowest BCUT2D eigenvalue weighted by Gasteiger charge is -2.30. The van der Waals surface area contributed by atoms with Crippen molar-refractivity contribution in [2.75, 3.05) is 35.7 Å². The molecule has 3 N–H and O–H groups in total. The molecule has 12 heteroatoms. The number of rotatable bonds is 4. The number of amides is 1. The molecule has 9 nitrogen and oxygen atoms in total. The molecule has 1 fully saturated rings. The van der Waals surface area contributed by atoms with Gasteiger partial charge in [0.1, 0.15) is 0 Å². The van der Waals surface area contributed by atoms with Crippen LogP contribution in [0.5, 0.6) is 0 Å². The highest BCUT2D eigenvalue weighted by Gasteiger charge is 2.31. The maximum atomic E-state index is 11.9. The zero-order valence-corrected chi connectivity index (χ0v) is 19.7. The summed E-state index contributed by atoms with van der Waals surface area (Å²) in [6.45, 7) is 7.04. The van der Waals surface area contributed by atoms with Gasteiger partial charge in [-0.05, 0) is 43.5 Å². The Morgan fingerprint density at radius 2 is 1.86 bits per heavy atom. The number of fused-ring (bicyclic) bond motifs is 1. The van der Waals surface area contributed by atoms with Gasteiger partial charge in [0.15, 0.2) is 0 Å². The second-order valence-electron chi connectivity index (χ2n) is 8.08. The van der Waals surface area contributed by atoms with Gasteiger partial charge in [0.25, 0.3) is 0 Å². The van der Waals surface area contributed by atoms with E-state index in [9.17, 15) is 23.1 Å². The van der Waals surface area contributed by atoms with Crippen molar-refractivity contribution < 1.29 is 23.1 Å². The summed E-state index contributed by atoms with van der Waals surface area (Å²) in [7, 11) is 3.53. The van der Waals surface area contributed by atoms with Gasteiger partial charge in [-0.25, -0.2) is 15.0 Å². The molecular weight excluding hydrogens is 463 g/mol. The fourth-order valence-corrected chi connectivity index (χ4v) is 3.60. The summed E-state index contributed by atoms with van der Waals surface area (Å²) in [6, 6.07) is 3.93. The largest absolute Gasteiger partial charge is 0.419 e. The molecule has 0 spiro atoms. The number of benzene rings is 1. The van der Waals surface area contributed by atoms with E-state index < -0.39 is 11.7 Å². The number of hydrogen-bond acceptors (Lipinski definition) is 7. The minimum Gasteiger partial charge on any atom is -0.393 e. The van der Waals surface area contributed by atoms with Crippen LogP contribution in [0, 0.1) is 6.92 Å². The summed E-state index contributed by atoms with van der Waals surface area (Å²) in [5.41, 5.74) is 2.76. The van der Waals surface area contributed by atoms with Crippen LogP contribution < -0.4 is 15.5 Å². The maximum absolute atomic E-state index is 11.9. The third-order valence-electron chi connectivity index (χ3n) is 5.60. The van der Waals surface area contributed by atoms with Gasteiger partial charge in [0.2, 0.25) is 17.8 Å². The molecule has 35 heavy (non-hydrogen) atoms. The average Bonchev–Trinajstić information content (AvgIpc) is 3.14. The summed E-state index contributed by atoms with van der Waals surface area (Å²) in [4.78, 5) is 25.3. The second kappa shape index (κ2) is 10.7. The number of carbonyl (C=O) groups excluding carboxylic acids is 1. The predicted octanol–water partition coefficient (Wildman–Crippen LogP) is 3.50. The summed E-state index contributed by atoms with van der Waals surface area (Å²) < 4.78 is 37.8. The van der Waals surface area contributed by atoms with Crippen molar-refractivity contribution in [2.24, 2.45) is 7.05 Å². The number of hydrogen-bond donors (Lipinski definition) is 3. The third kappa shape index (κ3) is 6.27. The van der Waals surface area contributed by atoms with Crippen LogP contribution in [0.2, 0.25) is 0 Å². The van der Waals surface area contributed by atoms with Crippen LogP contribution >= 0.6 is 0 Å². The van der Waals surface area contributed by atoms with Crippen LogP contribution in [0.4, 0.5) is 30.8 Å². The Labute approximate surface area is 200 Å². The van der Waals surface area contributed by atoms with E-state index >= 15 is 0 Å². The lowest BCUT2D eigenvalue weighted by Crippen LogP contribution is -2.37. The number of nitrogens with zero attached hydrogens (tertiary/aromatic N) is 5. The highest BCUT2D eigenvalue weighted by molar-refractivity contribution is 6.00. The Balaban J connectivity index is 0.000000241. The van der Waals surface area contributed by atoms with Gasteiger partial charge < -0.3 is 25.2 Å². The molecule has 0 radical (unpaired) electrons. The van der Waals surface area contributed by atoms with Gasteiger partial charge in [-0.1, -0.05) is 6.58 Å². The Hall–Kier alpha value is -3.67. The van der Waals surface area contributed by atoms with Crippen molar-refractivity contribution in [1.82, 2.24) is 19.5 Å². The monoisotopic (exact) mass is 491 g/mol. The Morgan fingerprint density at radius 3 is 2.40 bits per heavy atom. The van der Waals surface area contributed by atoms with Crippen molar-refractivity contribution in [1.29, 1.82) is 0 Å². The highest BCUT2D eigenvalue weighted by Crippen LogP contribution is 2.29. The van der Waals surface area contributed by atoms with E-state index in [4.69, 9.17) is 4.98 Å². The zero-order chi connectivity index (χ0) is 25.8. The third-order valence-corrected chi connectivity index (χ3v) is 5.60. The minimum atomic E-state index is -4.37. The molecule has 0 aliphatic carbocycles. The summed E-state index contributed by atoms with van der Waals surface area (Å²) in [6.07, 6.45) is -0.314. The molecule has 1 saturated heterocycles. The van der Waals surface area contributed by atoms with E-state index in [-0.39, 0.29) is 18.0 Å². The van der Waals surface area contributed by atoms with Crippen molar-refractivity contribution in [3.05, 3.63) is 48.3 Å². The fourth-order valence-electron chi connectivity index (χ4n) is 3.60. The van der Waals surface area contributed by atoms with Crippen LogP contribution in [-0.4, -0.2) is 56.8 Å². The molecule has 3 aromatic rings. The number of aliphatic hydroxyl groups is 1. The number of halogens is 3. The maximum Gasteiger partial charge on any atom is 0.419 e. The van der Waals surface area contributed by atoms with Crippen molar-refractivity contribution in [3.63, 3.8) is 0 Å². The number of aliphatic hydroxyl groups excluding tert-OH is 1. The lowest BCUT2D eigenvalue weighted by molar-refractivity contribution is -0.138. The first-order valence-corrected chi connectivity index (χ1v) is 10.9. The van der Waals surface area contributed by atoms with Crippen LogP contribution in [-0.2, 0) is 18.0 Å². The average molecular weight is 492 g/mol. The zero-order valence-electron chi connectivity index (χ0n) is 19.7. The Bertz CT molecular complexity index is 1180. The molecule has 3 heterocycles. The minimum absolute atomic E-state index is 0.169. The summed E-state index contributed by atoms with van der Waals surface area (Å²) in [5, 5.41) is 15.0. The first-order chi connectivity index (χ1) is 16.5. The van der Waals surface area contributed by atoms with Crippen LogP contribution in [0.3, 0.4) is 0 Å². The molecule has 1 amide bonds. The standard InChI is InChI=1S/C17H22N4O2.C6H6F3N3/c1-4-16(23)18-13-10-14-15(9-11(13)2)20(3)17(19-14)21-7-5-12(22)6-8-21;1-10-5-11-2-4(3-12-5)6(7,8)9/h4,9-10,12,22H,1,5-8H2,2-3H3,(H,18,23);2-3H,1H3,(H,10,11,12). The van der Waals surface area contributed by atoms with Gasteiger partial charge in [-0.3, -0.25) is 4.79 Å². The lowest BCUT2D eigenvalue weighted by atomic mass is 10.1. The topological polar surface area (TPSA) is 108 Å². The van der Waals surface area contributed by atoms with E-state index in [1.54, 1.807) is 0 Å². The molecule has 0 saturated carbocycles. The van der Waals surface area contributed by atoms with Gasteiger partial charge in [-0.2, -0.15) is 13.2 Å². The number of imidazole rings is 1. The summed E-state index contributed by atoms with van der Waals surface area (Å²) in [5.74, 6) is 0.843. The second-order valence-corrected chi connectivity index (χ2v) is 8.08. The number of piperidine rings is 1. The summed E-state index contributed by atoms with van der Waals surface area (Å²) >= 11 is 0. The van der Waals surface area contributed by atoms with E-state index in [0.29, 0.717) is 0 Å². The van der Waals surface area contributed by atoms with Crippen LogP contribution in [0.25, 0.3) is 11.0 Å². The number of anilines is 3. The molecule has 0 unspecified atom stereocenters. The van der Waals surface area contributed by atoms with Gasteiger partial charge in [0.05, 0.1) is 22.7 Å². The quantitative estimate of drug-likeness (QED) is 0.480. The normalized spacial score (nSPS) is 14.3. The van der Waals surface area contributed by atoms with Gasteiger partial charge in [0, 0.05) is 45.3 Å². The van der Waals surface area contributed by atoms with Crippen LogP contribution in [0.1, 0.15) is 24.0 Å². The number of alkyl halides is 3. The highest BCUT2D eigenvalue weighted by atomic mass is 19.4. The molecule has 1 aliphatic heterocycles. The number of nitrogens with one attached hydrogen (secondary N) is 2. The van der Waals surface area contributed by atoms with Gasteiger partial charge >= 0.3 is 6.18 Å². The SMILES string of the molecule is C=CC(=O)Nc1cc2nc(N3CCC(O)CC3)n(C)c2cc1C.CNc1ncc(C(F)(F)F)cn1. The number of aromatic nitrogens is 4. The molecule has 0 atom stereocenters. The molecule has 0 bridgehead atoms. The van der Waals surface area contributed by atoms with Crippen LogP contribution in [0.15, 0.2) is 37.2 Å². The van der Waals surface area contributed by atoms with E-state index in [1.807, 2.05) is 26.1 Å². The van der Waals surface area contributed by atoms with Gasteiger partial charge in [-0.15, -0.1) is 0 Å². The first kappa shape index (κ1) is 25.9. The van der Waals surface area contributed by atoms with E-state index in [2.05, 4.69) is 36.6 Å². The predicted molar refractivity (Wildman–Crippen MR) is 128 cm³/mol. The van der Waals surface area contributed by atoms with E-state index in [1.165, 1.54) is 13.1 Å². The van der Waals surface area contributed by atoms with Crippen molar-refractivity contribution in [3.8, 4) is 0 Å². The Morgan fingerprint density at radius 1 is 1.23 bits per heavy atom. The molecule has 1 aromatic carbocycles. The van der Waals surface area contributed by atoms with E-state index in [0.717, 1.165) is 66.6 Å². The fraction of sp³-hybridized carbons (Fsp3) is 0.391. The molecule has 4 rings (SSSR count). The molecule has 2 aromatic heterocycles. The smallest absolute Gasteiger partial charge is 0.393 e. The van der Waals surface area contributed by atoms with Crippen molar-refractivity contribution >= 4 is 34.5 Å². The molecule has 188 valence electrons. The molecular formula is C23H28F3N7O2. The number of carbonyl (C=O) groups is 1. The van der Waals surface area contributed by atoms with Crippen molar-refractivity contribution in [2.45, 2.75) is 32.0 Å². The number of aryl methyl sites for hydroxylation is 2.